The van der Waals surface area contributed by atoms with E-state index in [1.807, 2.05) is 0 Å². The second-order valence-corrected chi connectivity index (χ2v) is 9.95. The van der Waals surface area contributed by atoms with Gasteiger partial charge in [0, 0.05) is 22.6 Å². The third kappa shape index (κ3) is 3.33. The van der Waals surface area contributed by atoms with Gasteiger partial charge in [0.05, 0.1) is 11.2 Å². The van der Waals surface area contributed by atoms with Crippen molar-refractivity contribution in [3.05, 3.63) is 42.7 Å². The second kappa shape index (κ2) is 6.51. The molecule has 0 radical (unpaired) electrons. The van der Waals surface area contributed by atoms with E-state index in [1.54, 1.807) is 44.4 Å². The molecule has 0 saturated carbocycles. The van der Waals surface area contributed by atoms with E-state index in [2.05, 4.69) is 0 Å². The summed E-state index contributed by atoms with van der Waals surface area (Å²) in [7, 11) is -3.90. The zero-order valence-corrected chi connectivity index (χ0v) is 15.5. The number of nitrogens with zero attached hydrogens (tertiary/aromatic N) is 1. The first kappa shape index (κ1) is 18.0. The minimum absolute atomic E-state index is 0.0803. The molecule has 1 aromatic heterocycles. The van der Waals surface area contributed by atoms with Gasteiger partial charge in [0.15, 0.2) is 0 Å². The van der Waals surface area contributed by atoms with Crippen LogP contribution in [-0.2, 0) is 14.8 Å². The van der Waals surface area contributed by atoms with Crippen molar-refractivity contribution in [3.63, 3.8) is 0 Å². The monoisotopic (exact) mass is 381 g/mol. The van der Waals surface area contributed by atoms with Crippen molar-refractivity contribution in [2.45, 2.75) is 29.5 Å². The van der Waals surface area contributed by atoms with E-state index in [0.29, 0.717) is 11.5 Å². The zero-order valence-electron chi connectivity index (χ0n) is 13.9. The first-order chi connectivity index (χ1) is 11.7. The largest absolute Gasteiger partial charge is 0.480 e. The Morgan fingerprint density at radius 2 is 1.96 bits per heavy atom. The van der Waals surface area contributed by atoms with E-state index in [4.69, 9.17) is 4.42 Å². The van der Waals surface area contributed by atoms with E-state index in [9.17, 15) is 18.3 Å². The number of carboxylic acids is 1. The van der Waals surface area contributed by atoms with E-state index < -0.39 is 26.8 Å². The van der Waals surface area contributed by atoms with Crippen molar-refractivity contribution in [1.29, 1.82) is 0 Å². The van der Waals surface area contributed by atoms with Gasteiger partial charge < -0.3 is 9.52 Å². The fraction of sp³-hybridized carbons (Fsp3) is 0.353. The number of benzene rings is 1. The normalized spacial score (nSPS) is 21.1. The molecule has 0 bridgehead atoms. The third-order valence-electron chi connectivity index (χ3n) is 4.23. The lowest BCUT2D eigenvalue weighted by Gasteiger charge is -2.42. The molecular formula is C17H19NO5S2. The van der Waals surface area contributed by atoms with Crippen LogP contribution in [0.2, 0.25) is 0 Å². The molecule has 134 valence electrons. The molecule has 1 N–H and O–H groups in total. The summed E-state index contributed by atoms with van der Waals surface area (Å²) in [5.74, 6) is 0.0661. The lowest BCUT2D eigenvalue weighted by atomic mass is 10.0. The molecule has 0 aliphatic carbocycles. The summed E-state index contributed by atoms with van der Waals surface area (Å²) < 4.78 is 31.7. The van der Waals surface area contributed by atoms with Gasteiger partial charge in [-0.15, -0.1) is 0 Å². The standard InChI is InChI=1S/C17H19NO5S2/c1-17(2)15(16(19)20)18(9-11-24-17)25(21,22)13-7-5-12(6-8-13)14-4-3-10-23-14/h3-8,10,15H,9,11H2,1-2H3,(H,19,20)/t15-/m0/s1. The summed E-state index contributed by atoms with van der Waals surface area (Å²) in [6, 6.07) is 8.72. The highest BCUT2D eigenvalue weighted by molar-refractivity contribution is 8.00. The molecule has 0 spiro atoms. The first-order valence-electron chi connectivity index (χ1n) is 7.76. The van der Waals surface area contributed by atoms with Crippen LogP contribution in [-0.4, -0.2) is 46.9 Å². The Morgan fingerprint density at radius 1 is 1.28 bits per heavy atom. The first-order valence-corrected chi connectivity index (χ1v) is 10.2. The van der Waals surface area contributed by atoms with Crippen LogP contribution in [0.25, 0.3) is 11.3 Å². The average molecular weight is 381 g/mol. The quantitative estimate of drug-likeness (QED) is 0.876. The lowest BCUT2D eigenvalue weighted by Crippen LogP contribution is -2.58. The Bertz CT molecular complexity index is 857. The molecule has 2 heterocycles. The Kier molecular flexibility index (Phi) is 4.70. The molecular weight excluding hydrogens is 362 g/mol. The zero-order chi connectivity index (χ0) is 18.2. The van der Waals surface area contributed by atoms with Crippen LogP contribution in [0.3, 0.4) is 0 Å². The highest BCUT2D eigenvalue weighted by Crippen LogP contribution is 2.38. The van der Waals surface area contributed by atoms with E-state index >= 15 is 0 Å². The summed E-state index contributed by atoms with van der Waals surface area (Å²) in [6.07, 6.45) is 1.55. The molecule has 1 aromatic carbocycles. The van der Waals surface area contributed by atoms with Crippen LogP contribution in [0.1, 0.15) is 13.8 Å². The lowest BCUT2D eigenvalue weighted by molar-refractivity contribution is -0.142. The van der Waals surface area contributed by atoms with Gasteiger partial charge in [0.1, 0.15) is 11.8 Å². The van der Waals surface area contributed by atoms with Gasteiger partial charge in [-0.2, -0.15) is 16.1 Å². The summed E-state index contributed by atoms with van der Waals surface area (Å²) in [5, 5.41) is 9.59. The van der Waals surface area contributed by atoms with Crippen LogP contribution in [0.4, 0.5) is 0 Å². The van der Waals surface area contributed by atoms with Gasteiger partial charge >= 0.3 is 5.97 Å². The summed E-state index contributed by atoms with van der Waals surface area (Å²) in [4.78, 5) is 11.8. The fourth-order valence-electron chi connectivity index (χ4n) is 3.00. The van der Waals surface area contributed by atoms with Crippen LogP contribution in [0.5, 0.6) is 0 Å². The molecule has 3 rings (SSSR count). The fourth-order valence-corrected chi connectivity index (χ4v) is 6.10. The molecule has 2 aromatic rings. The predicted molar refractivity (Wildman–Crippen MR) is 96.0 cm³/mol. The molecule has 1 aliphatic rings. The van der Waals surface area contributed by atoms with E-state index in [1.165, 1.54) is 23.9 Å². The maximum Gasteiger partial charge on any atom is 0.323 e. The van der Waals surface area contributed by atoms with Gasteiger partial charge in [-0.1, -0.05) is 0 Å². The number of carboxylic acid groups (broad SMARTS) is 1. The smallest absolute Gasteiger partial charge is 0.323 e. The Morgan fingerprint density at radius 3 is 2.52 bits per heavy atom. The number of hydrogen-bond acceptors (Lipinski definition) is 5. The van der Waals surface area contributed by atoms with Crippen molar-refractivity contribution >= 4 is 27.8 Å². The SMILES string of the molecule is CC1(C)SCCN(S(=O)(=O)c2ccc(-c3ccco3)cc2)[C@H]1C(=O)O. The Hall–Kier alpha value is -1.77. The molecule has 25 heavy (non-hydrogen) atoms. The highest BCUT2D eigenvalue weighted by atomic mass is 32.2. The maximum absolute atomic E-state index is 13.0. The number of carbonyl (C=O) groups is 1. The number of thioether (sulfide) groups is 1. The minimum atomic E-state index is -3.90. The average Bonchev–Trinajstić information content (AvgIpc) is 3.08. The van der Waals surface area contributed by atoms with Crippen LogP contribution in [0, 0.1) is 0 Å². The Labute approximate surface area is 150 Å². The third-order valence-corrected chi connectivity index (χ3v) is 7.47. The molecule has 1 aliphatic heterocycles. The van der Waals surface area contributed by atoms with Crippen molar-refractivity contribution in [2.75, 3.05) is 12.3 Å². The van der Waals surface area contributed by atoms with E-state index in [-0.39, 0.29) is 11.4 Å². The van der Waals surface area contributed by atoms with E-state index in [0.717, 1.165) is 9.87 Å². The highest BCUT2D eigenvalue weighted by Gasteiger charge is 2.48. The van der Waals surface area contributed by atoms with Gasteiger partial charge in [-0.25, -0.2) is 8.42 Å². The topological polar surface area (TPSA) is 87.8 Å². The van der Waals surface area contributed by atoms with Crippen molar-refractivity contribution in [2.24, 2.45) is 0 Å². The molecule has 6 nitrogen and oxygen atoms in total. The summed E-state index contributed by atoms with van der Waals surface area (Å²) in [5.41, 5.74) is 0.758. The number of sulfonamides is 1. The number of hydrogen-bond donors (Lipinski definition) is 1. The molecule has 1 fully saturated rings. The summed E-state index contributed by atoms with van der Waals surface area (Å²) in [6.45, 7) is 3.70. The van der Waals surface area contributed by atoms with Crippen LogP contribution < -0.4 is 0 Å². The predicted octanol–water partition coefficient (Wildman–Crippen LogP) is 2.92. The second-order valence-electron chi connectivity index (χ2n) is 6.31. The number of aliphatic carboxylic acids is 1. The molecule has 0 unspecified atom stereocenters. The molecule has 8 heteroatoms. The minimum Gasteiger partial charge on any atom is -0.480 e. The maximum atomic E-state index is 13.0. The Balaban J connectivity index is 1.96. The number of rotatable bonds is 4. The summed E-state index contributed by atoms with van der Waals surface area (Å²) >= 11 is 1.47. The van der Waals surface area contributed by atoms with Crippen molar-refractivity contribution in [1.82, 2.24) is 4.31 Å². The van der Waals surface area contributed by atoms with Crippen molar-refractivity contribution in [3.8, 4) is 11.3 Å². The molecule has 0 amide bonds. The van der Waals surface area contributed by atoms with Crippen LogP contribution in [0.15, 0.2) is 52.0 Å². The van der Waals surface area contributed by atoms with Gasteiger partial charge in [-0.05, 0) is 50.2 Å². The molecule has 1 saturated heterocycles. The van der Waals surface area contributed by atoms with Crippen LogP contribution >= 0.6 is 11.8 Å². The van der Waals surface area contributed by atoms with Gasteiger partial charge in [0.2, 0.25) is 10.0 Å². The van der Waals surface area contributed by atoms with Gasteiger partial charge in [-0.3, -0.25) is 4.79 Å². The molecule has 1 atom stereocenters. The number of furan rings is 1. The van der Waals surface area contributed by atoms with Gasteiger partial charge in [0.25, 0.3) is 0 Å². The van der Waals surface area contributed by atoms with Crippen molar-refractivity contribution < 1.29 is 22.7 Å².